The lowest BCUT2D eigenvalue weighted by Gasteiger charge is -2.32. The molecular formula is C35H48I6N10O11. The molecule has 62 heavy (non-hydrogen) atoms. The van der Waals surface area contributed by atoms with E-state index in [0.29, 0.717) is 0 Å². The summed E-state index contributed by atoms with van der Waals surface area (Å²) in [6.07, 6.45) is -5.92. The molecule has 0 radical (unpaired) electrons. The maximum absolute atomic E-state index is 13.7. The number of aliphatic hydroxyl groups is 5. The second-order valence-corrected chi connectivity index (χ2v) is 19.9. The molecular weight excluding hydrogens is 1500 g/mol. The van der Waals surface area contributed by atoms with Crippen LogP contribution in [-0.4, -0.2) is 157 Å². The molecule has 2 aromatic rings. The Bertz CT molecular complexity index is 1760. The van der Waals surface area contributed by atoms with E-state index < -0.39 is 79.1 Å². The summed E-state index contributed by atoms with van der Waals surface area (Å²) in [5, 5.41) is 62.3. The quantitative estimate of drug-likeness (QED) is 0.0584. The minimum absolute atomic E-state index is 0.0426. The third-order valence-corrected chi connectivity index (χ3v) is 15.0. The van der Waals surface area contributed by atoms with Gasteiger partial charge in [-0.05, 0) is 136 Å². The van der Waals surface area contributed by atoms with Gasteiger partial charge in [0.1, 0.15) is 0 Å². The van der Waals surface area contributed by atoms with Crippen molar-refractivity contribution in [3.05, 3.63) is 43.7 Å². The van der Waals surface area contributed by atoms with Crippen molar-refractivity contribution in [1.29, 1.82) is 0 Å². The number of nitrogens with zero attached hydrogens (tertiary/aromatic N) is 2. The Morgan fingerprint density at radius 1 is 0.435 bits per heavy atom. The molecule has 21 nitrogen and oxygen atoms in total. The first-order valence-electron chi connectivity index (χ1n) is 18.3. The molecule has 0 heterocycles. The summed E-state index contributed by atoms with van der Waals surface area (Å²) in [7, 11) is 0. The number of rotatable bonds is 22. The molecule has 27 heteroatoms. The molecule has 0 aliphatic heterocycles. The van der Waals surface area contributed by atoms with Gasteiger partial charge in [-0.15, -0.1) is 0 Å². The van der Waals surface area contributed by atoms with E-state index in [2.05, 4.69) is 21.3 Å². The van der Waals surface area contributed by atoms with Gasteiger partial charge in [-0.3, -0.25) is 28.8 Å². The molecule has 2 aromatic carbocycles. The van der Waals surface area contributed by atoms with Crippen molar-refractivity contribution < 1.29 is 54.3 Å². The summed E-state index contributed by atoms with van der Waals surface area (Å²) in [5.74, 6) is -4.15. The third-order valence-electron chi connectivity index (χ3n) is 8.66. The minimum Gasteiger partial charge on any atom is -0.390 e. The number of benzene rings is 2. The number of nitrogens with one attached hydrogen (secondary N) is 4. The summed E-state index contributed by atoms with van der Waals surface area (Å²) in [6.45, 7) is -0.221. The normalized spacial score (nSPS) is 13.6. The number of amides is 6. The summed E-state index contributed by atoms with van der Waals surface area (Å²) in [4.78, 5) is 84.2. The van der Waals surface area contributed by atoms with Crippen molar-refractivity contribution in [3.63, 3.8) is 0 Å². The van der Waals surface area contributed by atoms with Gasteiger partial charge in [0.25, 0.3) is 23.6 Å². The molecule has 0 bridgehead atoms. The Morgan fingerprint density at radius 2 is 0.645 bits per heavy atom. The molecule has 2 rings (SSSR count). The van der Waals surface area contributed by atoms with Crippen LogP contribution in [0.25, 0.3) is 0 Å². The van der Waals surface area contributed by atoms with E-state index in [4.69, 9.17) is 22.9 Å². The lowest BCUT2D eigenvalue weighted by Crippen LogP contribution is -2.46. The Kier molecular flexibility index (Phi) is 25.2. The third kappa shape index (κ3) is 15.2. The fraction of sp³-hybridized carbons (Fsp3) is 0.486. The second kappa shape index (κ2) is 27.2. The van der Waals surface area contributed by atoms with Crippen LogP contribution in [-0.2, 0) is 9.59 Å². The van der Waals surface area contributed by atoms with Crippen molar-refractivity contribution >= 4 is 182 Å². The fourth-order valence-electron chi connectivity index (χ4n) is 5.34. The van der Waals surface area contributed by atoms with Crippen molar-refractivity contribution in [3.8, 4) is 0 Å². The standard InChI is InChI=1S/C35H48I6N10O11/c1-13(52)50(30-26(38)20(32(59)46-7-15(54)3-42)24(36)21(27(30)39)33(60)47-8-16(55)4-43)11-19(58)12-51(14(2)53)31-28(40)22(34(61)48-9-17(56)5-44)25(37)23(29(31)41)35(62)49-10-18(57)6-45/h15-19,54-58H,3-12,42-45H2,1-2H3,(H,46,59)(H,47,60)(H,48,61)(H,49,62). The smallest absolute Gasteiger partial charge is 0.253 e. The van der Waals surface area contributed by atoms with Gasteiger partial charge in [0.15, 0.2) is 0 Å². The first kappa shape index (κ1) is 57.4. The number of hydrogen-bond donors (Lipinski definition) is 13. The second-order valence-electron chi connectivity index (χ2n) is 13.4. The van der Waals surface area contributed by atoms with E-state index in [1.165, 1.54) is 13.8 Å². The zero-order chi connectivity index (χ0) is 47.3. The number of carbonyl (C=O) groups is 6. The Balaban J connectivity index is 2.84. The molecule has 4 atom stereocenters. The molecule has 0 saturated carbocycles. The van der Waals surface area contributed by atoms with Gasteiger partial charge >= 0.3 is 0 Å². The van der Waals surface area contributed by atoms with E-state index >= 15 is 0 Å². The lowest BCUT2D eigenvalue weighted by atomic mass is 10.1. The Labute approximate surface area is 438 Å². The fourth-order valence-corrected chi connectivity index (χ4v) is 14.8. The van der Waals surface area contributed by atoms with Crippen molar-refractivity contribution in [2.24, 2.45) is 22.9 Å². The zero-order valence-corrected chi connectivity index (χ0v) is 46.1. The van der Waals surface area contributed by atoms with Crippen molar-refractivity contribution in [1.82, 2.24) is 21.3 Å². The van der Waals surface area contributed by atoms with Crippen LogP contribution in [0.5, 0.6) is 0 Å². The number of halogens is 6. The number of anilines is 2. The Morgan fingerprint density at radius 3 is 0.823 bits per heavy atom. The molecule has 0 spiro atoms. The summed E-state index contributed by atoms with van der Waals surface area (Å²) in [5.41, 5.74) is 22.0. The molecule has 346 valence electrons. The Hall–Kier alpha value is -0.720. The van der Waals surface area contributed by atoms with Crippen LogP contribution in [0.15, 0.2) is 0 Å². The van der Waals surface area contributed by atoms with Crippen LogP contribution in [0.3, 0.4) is 0 Å². The van der Waals surface area contributed by atoms with Crippen LogP contribution in [0.1, 0.15) is 55.3 Å². The van der Waals surface area contributed by atoms with Gasteiger partial charge in [-0.25, -0.2) is 0 Å². The van der Waals surface area contributed by atoms with E-state index in [9.17, 15) is 54.3 Å². The first-order chi connectivity index (χ1) is 29.0. The molecule has 0 aliphatic carbocycles. The van der Waals surface area contributed by atoms with Gasteiger partial charge in [0.2, 0.25) is 11.8 Å². The molecule has 0 aromatic heterocycles. The van der Waals surface area contributed by atoms with Crippen LogP contribution >= 0.6 is 136 Å². The van der Waals surface area contributed by atoms with E-state index in [1.807, 2.05) is 136 Å². The highest BCUT2D eigenvalue weighted by atomic mass is 127. The van der Waals surface area contributed by atoms with Crippen LogP contribution in [0.2, 0.25) is 0 Å². The van der Waals surface area contributed by atoms with Gasteiger partial charge in [-0.2, -0.15) is 0 Å². The topological polar surface area (TPSA) is 362 Å². The SMILES string of the molecule is CC(=O)N(CC(O)CN(C(C)=O)c1c(I)c(C(=O)NCC(O)CN)c(I)c(C(=O)NCC(O)CN)c1I)c1c(I)c(C(=O)NCC(O)CN)c(I)c(C(=O)NCC(O)CN)c1I. The summed E-state index contributed by atoms with van der Waals surface area (Å²) in [6, 6.07) is 0. The van der Waals surface area contributed by atoms with E-state index in [-0.39, 0.29) is 107 Å². The highest BCUT2D eigenvalue weighted by Crippen LogP contribution is 2.40. The largest absolute Gasteiger partial charge is 0.390 e. The predicted octanol–water partition coefficient (Wildman–Crippen LogP) is -1.72. The van der Waals surface area contributed by atoms with Gasteiger partial charge in [-0.1, -0.05) is 0 Å². The maximum Gasteiger partial charge on any atom is 0.253 e. The molecule has 0 saturated heterocycles. The van der Waals surface area contributed by atoms with Crippen LogP contribution in [0.4, 0.5) is 11.4 Å². The number of carbonyl (C=O) groups excluding carboxylic acids is 6. The number of aliphatic hydroxyl groups excluding tert-OH is 5. The summed E-state index contributed by atoms with van der Waals surface area (Å²) >= 11 is 11.0. The predicted molar refractivity (Wildman–Crippen MR) is 281 cm³/mol. The molecule has 6 amide bonds. The number of nitrogens with two attached hydrogens (primary N) is 4. The van der Waals surface area contributed by atoms with Crippen LogP contribution in [0, 0.1) is 21.4 Å². The van der Waals surface area contributed by atoms with E-state index in [0.717, 1.165) is 9.80 Å². The average Bonchev–Trinajstić information content (AvgIpc) is 3.21. The lowest BCUT2D eigenvalue weighted by molar-refractivity contribution is -0.117. The highest BCUT2D eigenvalue weighted by Gasteiger charge is 2.35. The average molecular weight is 1550 g/mol. The van der Waals surface area contributed by atoms with Gasteiger partial charge in [0, 0.05) is 73.3 Å². The van der Waals surface area contributed by atoms with Crippen molar-refractivity contribution in [2.75, 3.05) is 75.2 Å². The summed E-state index contributed by atoms with van der Waals surface area (Å²) < 4.78 is 1.09. The molecule has 0 aliphatic rings. The first-order valence-corrected chi connectivity index (χ1v) is 24.8. The van der Waals surface area contributed by atoms with Crippen LogP contribution < -0.4 is 54.0 Å². The molecule has 17 N–H and O–H groups in total. The number of hydrogen-bond acceptors (Lipinski definition) is 15. The monoisotopic (exact) mass is 1550 g/mol. The zero-order valence-electron chi connectivity index (χ0n) is 33.1. The maximum atomic E-state index is 13.7. The van der Waals surface area contributed by atoms with Gasteiger partial charge in [0.05, 0.1) is 91.5 Å². The highest BCUT2D eigenvalue weighted by molar-refractivity contribution is 14.1. The molecule has 0 fully saturated rings. The van der Waals surface area contributed by atoms with E-state index in [1.54, 1.807) is 0 Å². The van der Waals surface area contributed by atoms with Crippen molar-refractivity contribution in [2.45, 2.75) is 44.4 Å². The minimum atomic E-state index is -1.57. The van der Waals surface area contributed by atoms with Gasteiger partial charge < -0.3 is 79.5 Å². The molecule has 4 unspecified atom stereocenters.